The van der Waals surface area contributed by atoms with Crippen LogP contribution in [0.2, 0.25) is 0 Å². The minimum atomic E-state index is -0.454. The van der Waals surface area contributed by atoms with Crippen LogP contribution in [0.15, 0.2) is 24.3 Å². The Morgan fingerprint density at radius 3 is 2.64 bits per heavy atom. The van der Waals surface area contributed by atoms with Crippen molar-refractivity contribution in [1.29, 1.82) is 0 Å². The Labute approximate surface area is 151 Å². The summed E-state index contributed by atoms with van der Waals surface area (Å²) in [5.74, 6) is 0.401. The summed E-state index contributed by atoms with van der Waals surface area (Å²) in [5.41, 5.74) is 1.75. The van der Waals surface area contributed by atoms with Crippen LogP contribution in [-0.4, -0.2) is 47.4 Å². The van der Waals surface area contributed by atoms with Crippen LogP contribution < -0.4 is 5.32 Å². The summed E-state index contributed by atoms with van der Waals surface area (Å²) in [6, 6.07) is 8.46. The van der Waals surface area contributed by atoms with Gasteiger partial charge in [-0.2, -0.15) is 0 Å². The molecule has 1 aliphatic heterocycles. The highest BCUT2D eigenvalue weighted by molar-refractivity contribution is 5.68. The summed E-state index contributed by atoms with van der Waals surface area (Å²) in [5, 5.41) is 12.5. The number of carbonyl (C=O) groups is 1. The van der Waals surface area contributed by atoms with Gasteiger partial charge in [-0.3, -0.25) is 0 Å². The summed E-state index contributed by atoms with van der Waals surface area (Å²) in [4.78, 5) is 14.1. The number of ether oxygens (including phenoxy) is 1. The quantitative estimate of drug-likeness (QED) is 0.852. The third-order valence-corrected chi connectivity index (χ3v) is 4.57. The minimum Gasteiger partial charge on any atom is -0.444 e. The van der Waals surface area contributed by atoms with Crippen molar-refractivity contribution in [3.63, 3.8) is 0 Å². The van der Waals surface area contributed by atoms with Crippen molar-refractivity contribution in [3.8, 4) is 0 Å². The highest BCUT2D eigenvalue weighted by atomic mass is 16.6. The lowest BCUT2D eigenvalue weighted by Crippen LogP contribution is -2.46. The molecule has 5 nitrogen and oxygen atoms in total. The maximum absolute atomic E-state index is 12.3. The molecule has 1 heterocycles. The fraction of sp³-hybridized carbons (Fsp3) is 0.650. The number of benzene rings is 1. The molecule has 140 valence electrons. The summed E-state index contributed by atoms with van der Waals surface area (Å²) >= 11 is 0. The van der Waals surface area contributed by atoms with Crippen LogP contribution in [0.3, 0.4) is 0 Å². The SMILES string of the molecule is CC(Nc1ccc(CCO)cc1)C1CCCN(C(=O)OC(C)(C)C)C1. The average Bonchev–Trinajstić information content (AvgIpc) is 2.55. The Kier molecular flexibility index (Phi) is 6.71. The molecule has 1 aromatic carbocycles. The van der Waals surface area contributed by atoms with Gasteiger partial charge in [0.2, 0.25) is 0 Å². The van der Waals surface area contributed by atoms with E-state index in [0.29, 0.717) is 12.3 Å². The van der Waals surface area contributed by atoms with Crippen LogP contribution in [0.4, 0.5) is 10.5 Å². The number of piperidine rings is 1. The number of hydrogen-bond donors (Lipinski definition) is 2. The lowest BCUT2D eigenvalue weighted by atomic mass is 9.91. The molecule has 0 spiro atoms. The first-order valence-corrected chi connectivity index (χ1v) is 9.23. The van der Waals surface area contributed by atoms with E-state index in [2.05, 4.69) is 24.4 Å². The number of nitrogens with zero attached hydrogens (tertiary/aromatic N) is 1. The van der Waals surface area contributed by atoms with Crippen molar-refractivity contribution >= 4 is 11.8 Å². The second kappa shape index (κ2) is 8.56. The van der Waals surface area contributed by atoms with Gasteiger partial charge in [0, 0.05) is 31.4 Å². The number of aliphatic hydroxyl groups is 1. The zero-order chi connectivity index (χ0) is 18.4. The second-order valence-corrected chi connectivity index (χ2v) is 7.93. The molecule has 25 heavy (non-hydrogen) atoms. The third kappa shape index (κ3) is 6.24. The Morgan fingerprint density at radius 1 is 1.36 bits per heavy atom. The van der Waals surface area contributed by atoms with Crippen LogP contribution in [0, 0.1) is 5.92 Å². The molecule has 2 rings (SSSR count). The molecule has 2 atom stereocenters. The molecule has 1 aliphatic rings. The van der Waals surface area contributed by atoms with Gasteiger partial charge in [0.1, 0.15) is 5.60 Å². The van der Waals surface area contributed by atoms with Crippen molar-refractivity contribution < 1.29 is 14.6 Å². The fourth-order valence-corrected chi connectivity index (χ4v) is 3.19. The monoisotopic (exact) mass is 348 g/mol. The Balaban J connectivity index is 1.90. The summed E-state index contributed by atoms with van der Waals surface area (Å²) in [7, 11) is 0. The van der Waals surface area contributed by atoms with Crippen molar-refractivity contribution in [2.45, 2.75) is 58.6 Å². The predicted molar refractivity (Wildman–Crippen MR) is 101 cm³/mol. The van der Waals surface area contributed by atoms with Gasteiger partial charge in [-0.1, -0.05) is 12.1 Å². The molecule has 1 fully saturated rings. The summed E-state index contributed by atoms with van der Waals surface area (Å²) in [6.45, 7) is 9.54. The van der Waals surface area contributed by atoms with Crippen molar-refractivity contribution in [2.24, 2.45) is 5.92 Å². The van der Waals surface area contributed by atoms with Crippen LogP contribution in [0.25, 0.3) is 0 Å². The normalized spacial score (nSPS) is 19.4. The predicted octanol–water partition coefficient (Wildman–Crippen LogP) is 3.67. The first kappa shape index (κ1) is 19.6. The van der Waals surface area contributed by atoms with E-state index in [1.807, 2.05) is 37.8 Å². The van der Waals surface area contributed by atoms with E-state index in [1.165, 1.54) is 0 Å². The lowest BCUT2D eigenvalue weighted by Gasteiger charge is -2.37. The van der Waals surface area contributed by atoms with E-state index in [9.17, 15) is 4.79 Å². The zero-order valence-electron chi connectivity index (χ0n) is 15.9. The van der Waals surface area contributed by atoms with Gasteiger partial charge in [-0.15, -0.1) is 0 Å². The number of carbonyl (C=O) groups excluding carboxylic acids is 1. The Hall–Kier alpha value is -1.75. The summed E-state index contributed by atoms with van der Waals surface area (Å²) in [6.07, 6.45) is 2.59. The zero-order valence-corrected chi connectivity index (χ0v) is 15.9. The Bertz CT molecular complexity index is 551. The highest BCUT2D eigenvalue weighted by Gasteiger charge is 2.30. The van der Waals surface area contributed by atoms with Gasteiger partial charge in [-0.05, 0) is 70.6 Å². The van der Waals surface area contributed by atoms with E-state index in [4.69, 9.17) is 9.84 Å². The molecule has 0 aliphatic carbocycles. The lowest BCUT2D eigenvalue weighted by molar-refractivity contribution is 0.0159. The number of aliphatic hydroxyl groups excluding tert-OH is 1. The van der Waals surface area contributed by atoms with Crippen molar-refractivity contribution in [1.82, 2.24) is 4.90 Å². The molecule has 1 amide bonds. The molecule has 5 heteroatoms. The topological polar surface area (TPSA) is 61.8 Å². The molecular weight excluding hydrogens is 316 g/mol. The van der Waals surface area contributed by atoms with E-state index >= 15 is 0 Å². The Morgan fingerprint density at radius 2 is 2.04 bits per heavy atom. The van der Waals surface area contributed by atoms with Crippen LogP contribution in [0.1, 0.15) is 46.1 Å². The smallest absolute Gasteiger partial charge is 0.410 e. The van der Waals surface area contributed by atoms with Crippen LogP contribution in [-0.2, 0) is 11.2 Å². The second-order valence-electron chi connectivity index (χ2n) is 7.93. The molecule has 1 aromatic rings. The fourth-order valence-electron chi connectivity index (χ4n) is 3.19. The van der Waals surface area contributed by atoms with Crippen molar-refractivity contribution in [3.05, 3.63) is 29.8 Å². The van der Waals surface area contributed by atoms with Crippen molar-refractivity contribution in [2.75, 3.05) is 25.0 Å². The standard InChI is InChI=1S/C20H32N2O3/c1-15(21-18-9-7-16(8-10-18)11-13-23)17-6-5-12-22(14-17)19(24)25-20(2,3)4/h7-10,15,17,21,23H,5-6,11-14H2,1-4H3. The molecule has 0 aromatic heterocycles. The molecule has 0 radical (unpaired) electrons. The number of nitrogens with one attached hydrogen (secondary N) is 1. The van der Waals surface area contributed by atoms with Crippen LogP contribution in [0.5, 0.6) is 0 Å². The summed E-state index contributed by atoms with van der Waals surface area (Å²) < 4.78 is 5.51. The molecule has 0 bridgehead atoms. The number of likely N-dealkylation sites (tertiary alicyclic amines) is 1. The number of rotatable bonds is 5. The van der Waals surface area contributed by atoms with E-state index in [-0.39, 0.29) is 18.7 Å². The molecule has 0 saturated carbocycles. The molecule has 1 saturated heterocycles. The van der Waals surface area contributed by atoms with Gasteiger partial charge in [-0.25, -0.2) is 4.79 Å². The van der Waals surface area contributed by atoms with Gasteiger partial charge in [0.15, 0.2) is 0 Å². The van der Waals surface area contributed by atoms with Crippen LogP contribution >= 0.6 is 0 Å². The number of anilines is 1. The van der Waals surface area contributed by atoms with Gasteiger partial charge in [0.25, 0.3) is 0 Å². The van der Waals surface area contributed by atoms with Gasteiger partial charge in [0.05, 0.1) is 0 Å². The third-order valence-electron chi connectivity index (χ3n) is 4.57. The van der Waals surface area contributed by atoms with E-state index in [1.54, 1.807) is 0 Å². The maximum Gasteiger partial charge on any atom is 0.410 e. The highest BCUT2D eigenvalue weighted by Crippen LogP contribution is 2.24. The van der Waals surface area contributed by atoms with E-state index < -0.39 is 5.60 Å². The van der Waals surface area contributed by atoms with Gasteiger partial charge < -0.3 is 20.1 Å². The molecule has 2 unspecified atom stereocenters. The molecule has 2 N–H and O–H groups in total. The number of hydrogen-bond acceptors (Lipinski definition) is 4. The first-order chi connectivity index (χ1) is 11.8. The largest absolute Gasteiger partial charge is 0.444 e. The van der Waals surface area contributed by atoms with E-state index in [0.717, 1.165) is 37.2 Å². The number of amides is 1. The minimum absolute atomic E-state index is 0.172. The first-order valence-electron chi connectivity index (χ1n) is 9.23. The van der Waals surface area contributed by atoms with Gasteiger partial charge >= 0.3 is 6.09 Å². The molecular formula is C20H32N2O3. The maximum atomic E-state index is 12.3. The average molecular weight is 348 g/mol.